The van der Waals surface area contributed by atoms with Gasteiger partial charge in [0.25, 0.3) is 6.71 Å². The van der Waals surface area contributed by atoms with Crippen molar-refractivity contribution in [3.05, 3.63) is 256 Å². The lowest BCUT2D eigenvalue weighted by Crippen LogP contribution is -2.62. The Hall–Kier alpha value is -8.34. The third-order valence-electron chi connectivity index (χ3n) is 25.0. The van der Waals surface area contributed by atoms with Crippen LogP contribution in [0.2, 0.25) is 0 Å². The molecular weight excluding hydrogens is 1150 g/mol. The Balaban J connectivity index is 1.06. The van der Waals surface area contributed by atoms with Crippen molar-refractivity contribution in [3.8, 4) is 33.4 Å². The highest BCUT2D eigenvalue weighted by Crippen LogP contribution is 2.63. The molecule has 1 saturated carbocycles. The fraction of sp³-hybridized carbons (Fsp3) is 0.341. The summed E-state index contributed by atoms with van der Waals surface area (Å²) in [4.78, 5) is 8.43. The zero-order chi connectivity index (χ0) is 66.5. The van der Waals surface area contributed by atoms with Crippen LogP contribution in [0, 0.1) is 6.92 Å². The van der Waals surface area contributed by atoms with E-state index in [1.165, 1.54) is 164 Å². The summed E-state index contributed by atoms with van der Waals surface area (Å²) in [6.45, 7) is 41.5. The Labute approximate surface area is 568 Å². The molecule has 2 unspecified atom stereocenters. The Morgan fingerprint density at radius 3 is 1.45 bits per heavy atom. The molecule has 4 heteroatoms. The Morgan fingerprint density at radius 1 is 0.347 bits per heavy atom. The van der Waals surface area contributed by atoms with E-state index in [4.69, 9.17) is 0 Å². The van der Waals surface area contributed by atoms with Gasteiger partial charge in [-0.3, -0.25) is 0 Å². The van der Waals surface area contributed by atoms with Gasteiger partial charge in [-0.25, -0.2) is 0 Å². The summed E-state index contributed by atoms with van der Waals surface area (Å²) in [5.41, 5.74) is 34.7. The molecule has 0 radical (unpaired) electrons. The number of fused-ring (bicyclic) bond motifs is 10. The molecule has 2 atom stereocenters. The SMILES string of the molecule is Cc1cc2c(cc1N1c3ccc(-c4ccccc4)cc3B3c4cc5c(cc4N(c4ccc(C(C)(C)C)cc4-c4ccccc4)c4cc(N6c7ccc(-c8ccc(C(C)(C)C)cc8)cc7C7(C)CCCCC67C)cc1c43)C(C)(C)c1ccccc1C5(C)C)C(C)(C)CCC2(C)C. The molecule has 10 aromatic carbocycles. The molecule has 0 saturated heterocycles. The van der Waals surface area contributed by atoms with E-state index in [0.717, 1.165) is 25.7 Å². The second kappa shape index (κ2) is 20.8. The topological polar surface area (TPSA) is 9.72 Å². The molecule has 10 aromatic rings. The number of benzene rings is 10. The summed E-state index contributed by atoms with van der Waals surface area (Å²) < 4.78 is 0. The van der Waals surface area contributed by atoms with Crippen molar-refractivity contribution in [1.29, 1.82) is 0 Å². The van der Waals surface area contributed by atoms with Gasteiger partial charge in [0, 0.05) is 61.6 Å². The summed E-state index contributed by atoms with van der Waals surface area (Å²) >= 11 is 0. The lowest BCUT2D eigenvalue weighted by molar-refractivity contribution is 0.195. The van der Waals surface area contributed by atoms with Crippen LogP contribution in [0.5, 0.6) is 0 Å². The third kappa shape index (κ3) is 9.10. The molecule has 3 heterocycles. The van der Waals surface area contributed by atoms with Crippen molar-refractivity contribution in [3.63, 3.8) is 0 Å². The minimum atomic E-state index is -0.297. The van der Waals surface area contributed by atoms with Crippen LogP contribution in [-0.2, 0) is 37.9 Å². The molecule has 0 bridgehead atoms. The minimum Gasteiger partial charge on any atom is -0.334 e. The van der Waals surface area contributed by atoms with Gasteiger partial charge >= 0.3 is 0 Å². The molecule has 16 rings (SSSR count). The first-order valence-electron chi connectivity index (χ1n) is 35.7. The Bertz CT molecular complexity index is 4800. The van der Waals surface area contributed by atoms with Gasteiger partial charge < -0.3 is 14.7 Å². The summed E-state index contributed by atoms with van der Waals surface area (Å²) in [6, 6.07) is 79.8. The predicted molar refractivity (Wildman–Crippen MR) is 408 cm³/mol. The zero-order valence-electron chi connectivity index (χ0n) is 59.7. The maximum Gasteiger partial charge on any atom is 0.252 e. The lowest BCUT2D eigenvalue weighted by atomic mass is 9.33. The van der Waals surface area contributed by atoms with Crippen LogP contribution in [0.15, 0.2) is 200 Å². The van der Waals surface area contributed by atoms with Crippen molar-refractivity contribution in [1.82, 2.24) is 0 Å². The molecule has 0 amide bonds. The number of nitrogens with zero attached hydrogens (tertiary/aromatic N) is 3. The van der Waals surface area contributed by atoms with Crippen molar-refractivity contribution in [2.24, 2.45) is 0 Å². The summed E-state index contributed by atoms with van der Waals surface area (Å²) in [6.07, 6.45) is 6.91. The largest absolute Gasteiger partial charge is 0.334 e. The Morgan fingerprint density at radius 2 is 0.832 bits per heavy atom. The molecular formula is C91H96BN3. The van der Waals surface area contributed by atoms with Gasteiger partial charge in [0.15, 0.2) is 0 Å². The molecule has 0 aromatic heterocycles. The minimum absolute atomic E-state index is 0.0131. The zero-order valence-corrected chi connectivity index (χ0v) is 59.7. The highest BCUT2D eigenvalue weighted by Gasteiger charge is 2.59. The first kappa shape index (κ1) is 61.5. The van der Waals surface area contributed by atoms with Crippen LogP contribution in [0.25, 0.3) is 33.4 Å². The molecule has 3 aliphatic heterocycles. The summed E-state index contributed by atoms with van der Waals surface area (Å²) in [5.74, 6) is 0. The second-order valence-corrected chi connectivity index (χ2v) is 34.4. The number of hydrogen-bond acceptors (Lipinski definition) is 3. The predicted octanol–water partition coefficient (Wildman–Crippen LogP) is 22.7. The van der Waals surface area contributed by atoms with E-state index in [1.54, 1.807) is 0 Å². The average molecular weight is 1240 g/mol. The molecule has 6 aliphatic rings. The molecule has 3 aliphatic carbocycles. The normalized spacial score (nSPS) is 20.6. The van der Waals surface area contributed by atoms with Gasteiger partial charge in [0.2, 0.25) is 0 Å². The van der Waals surface area contributed by atoms with Gasteiger partial charge in [-0.05, 0) is 216 Å². The highest BCUT2D eigenvalue weighted by atomic mass is 15.3. The van der Waals surface area contributed by atoms with Gasteiger partial charge in [-0.2, -0.15) is 0 Å². The van der Waals surface area contributed by atoms with Gasteiger partial charge in [-0.15, -0.1) is 0 Å². The van der Waals surface area contributed by atoms with Crippen molar-refractivity contribution in [2.75, 3.05) is 14.7 Å². The molecule has 0 spiro atoms. The highest BCUT2D eigenvalue weighted by molar-refractivity contribution is 7.00. The van der Waals surface area contributed by atoms with E-state index in [0.29, 0.717) is 0 Å². The third-order valence-corrected chi connectivity index (χ3v) is 25.0. The second-order valence-electron chi connectivity index (χ2n) is 34.4. The van der Waals surface area contributed by atoms with Crippen LogP contribution in [0.1, 0.15) is 205 Å². The first-order valence-corrected chi connectivity index (χ1v) is 35.7. The van der Waals surface area contributed by atoms with E-state index < -0.39 is 0 Å². The van der Waals surface area contributed by atoms with Gasteiger partial charge in [-0.1, -0.05) is 262 Å². The molecule has 3 nitrogen and oxygen atoms in total. The quantitative estimate of drug-likeness (QED) is 0.154. The molecule has 95 heavy (non-hydrogen) atoms. The van der Waals surface area contributed by atoms with E-state index in [1.807, 2.05) is 0 Å². The van der Waals surface area contributed by atoms with Crippen LogP contribution in [-0.4, -0.2) is 12.3 Å². The maximum atomic E-state index is 2.88. The number of aryl methyl sites for hydroxylation is 1. The van der Waals surface area contributed by atoms with E-state index >= 15 is 0 Å². The van der Waals surface area contributed by atoms with E-state index in [-0.39, 0.29) is 50.2 Å². The number of anilines is 8. The molecule has 0 N–H and O–H groups in total. The summed E-state index contributed by atoms with van der Waals surface area (Å²) in [5, 5.41) is 0. The molecule has 1 fully saturated rings. The van der Waals surface area contributed by atoms with Crippen LogP contribution in [0.4, 0.5) is 45.5 Å². The van der Waals surface area contributed by atoms with Crippen LogP contribution >= 0.6 is 0 Å². The standard InChI is InChI=1S/C91H96BN3/c1-57-48-69-70(87(10,11)47-46-86(69,8)9)55-79(57)94-78-42-37-62(58-28-20-18-21-29-58)50-74(78)92-75-54-71-72(89(14,15)68-33-25-24-32-67(68)88(71,12)13)56-80(75)93(76-43-40-64(85(5,6)7)51-66(76)60-30-22-19-23-31-60)81-52-65(53-82(94)83(81)92)95-77-41-36-61(59-34-38-63(39-35-59)84(2,3)4)49-73(77)90(16)44-26-27-45-91(90,95)17/h18-25,28-43,48-56H,26-27,44-47H2,1-17H3. The van der Waals surface area contributed by atoms with Crippen LogP contribution in [0.3, 0.4) is 0 Å². The van der Waals surface area contributed by atoms with Crippen molar-refractivity contribution >= 4 is 68.6 Å². The van der Waals surface area contributed by atoms with Gasteiger partial charge in [0.05, 0.1) is 11.2 Å². The fourth-order valence-corrected chi connectivity index (χ4v) is 18.9. The van der Waals surface area contributed by atoms with Gasteiger partial charge in [0.1, 0.15) is 0 Å². The fourth-order valence-electron chi connectivity index (χ4n) is 18.9. The van der Waals surface area contributed by atoms with E-state index in [9.17, 15) is 0 Å². The number of hydrogen-bond donors (Lipinski definition) is 0. The Kier molecular flexibility index (Phi) is 13.5. The van der Waals surface area contributed by atoms with Crippen LogP contribution < -0.4 is 31.1 Å². The van der Waals surface area contributed by atoms with Crippen molar-refractivity contribution in [2.45, 2.75) is 200 Å². The summed E-state index contributed by atoms with van der Waals surface area (Å²) in [7, 11) is 0. The maximum absolute atomic E-state index is 2.88. The van der Waals surface area contributed by atoms with E-state index in [2.05, 4.69) is 333 Å². The van der Waals surface area contributed by atoms with Crippen molar-refractivity contribution < 1.29 is 0 Å². The first-order chi connectivity index (χ1) is 45.0. The number of rotatable bonds is 6. The monoisotopic (exact) mass is 1240 g/mol. The lowest BCUT2D eigenvalue weighted by Gasteiger charge is -2.51. The smallest absolute Gasteiger partial charge is 0.252 e. The molecule has 478 valence electrons. The average Bonchev–Trinajstić information content (AvgIpc) is 1.63.